The van der Waals surface area contributed by atoms with Gasteiger partial charge < -0.3 is 20.4 Å². The van der Waals surface area contributed by atoms with Gasteiger partial charge in [0.1, 0.15) is 0 Å². The summed E-state index contributed by atoms with van der Waals surface area (Å²) in [6.45, 7) is 18.8. The minimum Gasteiger partial charge on any atom is -0.415 e. The zero-order valence-corrected chi connectivity index (χ0v) is 25.7. The summed E-state index contributed by atoms with van der Waals surface area (Å²) < 4.78 is 34.8. The molecule has 0 atom stereocenters. The lowest BCUT2D eigenvalue weighted by atomic mass is 9.95. The van der Waals surface area contributed by atoms with Crippen LogP contribution in [0.15, 0.2) is 47.4 Å². The molecule has 0 aromatic heterocycles. The molecule has 0 saturated carbocycles. The summed E-state index contributed by atoms with van der Waals surface area (Å²) in [5.74, 6) is -0.449. The summed E-state index contributed by atoms with van der Waals surface area (Å²) in [5.41, 5.74) is 1.26. The van der Waals surface area contributed by atoms with Crippen molar-refractivity contribution in [1.29, 1.82) is 0 Å². The van der Waals surface area contributed by atoms with Crippen molar-refractivity contribution in [2.45, 2.75) is 71.5 Å². The Hall–Kier alpha value is -2.89. The van der Waals surface area contributed by atoms with Gasteiger partial charge in [-0.25, -0.2) is 8.42 Å². The fraction of sp³-hybridized carbons (Fsp3) is 0.481. The molecular weight excluding hydrogens is 520 g/mol. The molecule has 210 valence electrons. The van der Waals surface area contributed by atoms with Crippen LogP contribution in [0.4, 0.5) is 22.7 Å². The van der Waals surface area contributed by atoms with Gasteiger partial charge in [-0.15, -0.1) is 0 Å². The van der Waals surface area contributed by atoms with E-state index in [-0.39, 0.29) is 21.7 Å². The van der Waals surface area contributed by atoms with Gasteiger partial charge in [0.15, 0.2) is 8.32 Å². The molecule has 0 fully saturated rings. The van der Waals surface area contributed by atoms with Crippen LogP contribution in [0.25, 0.3) is 0 Å². The topological polar surface area (TPSA) is 126 Å². The molecule has 0 aliphatic carbocycles. The van der Waals surface area contributed by atoms with E-state index in [1.807, 2.05) is 0 Å². The fourth-order valence-corrected chi connectivity index (χ4v) is 5.11. The van der Waals surface area contributed by atoms with E-state index in [1.165, 1.54) is 31.2 Å². The van der Waals surface area contributed by atoms with Gasteiger partial charge in [0, 0.05) is 24.6 Å². The summed E-state index contributed by atoms with van der Waals surface area (Å²) in [7, 11) is -5.80. The third-order valence-corrected chi connectivity index (χ3v) is 12.3. The first-order chi connectivity index (χ1) is 17.3. The van der Waals surface area contributed by atoms with Crippen LogP contribution in [0, 0.1) is 5.41 Å². The molecule has 38 heavy (non-hydrogen) atoms. The van der Waals surface area contributed by atoms with Crippen LogP contribution in [0.2, 0.25) is 18.1 Å². The Morgan fingerprint density at radius 2 is 1.45 bits per heavy atom. The first-order valence-corrected chi connectivity index (χ1v) is 16.9. The number of amides is 2. The Morgan fingerprint density at radius 1 is 0.868 bits per heavy atom. The average molecular weight is 563 g/mol. The van der Waals surface area contributed by atoms with Crippen molar-refractivity contribution in [2.24, 2.45) is 5.41 Å². The number of hydrogen-bond acceptors (Lipinski definition) is 6. The van der Waals surface area contributed by atoms with E-state index in [1.54, 1.807) is 39.0 Å². The number of nitrogens with one attached hydrogen (secondary N) is 4. The third-order valence-electron chi connectivity index (χ3n) is 6.37. The molecule has 0 saturated heterocycles. The summed E-state index contributed by atoms with van der Waals surface area (Å²) in [4.78, 5) is 24.0. The lowest BCUT2D eigenvalue weighted by Gasteiger charge is -2.36. The Kier molecular flexibility index (Phi) is 9.79. The molecule has 0 spiro atoms. The lowest BCUT2D eigenvalue weighted by molar-refractivity contribution is -0.123. The Balaban J connectivity index is 2.24. The highest BCUT2D eigenvalue weighted by Crippen LogP contribution is 2.36. The Labute approximate surface area is 228 Å². The maximum Gasteiger partial charge on any atom is 0.261 e. The minimum absolute atomic E-state index is 0.0388. The highest BCUT2D eigenvalue weighted by molar-refractivity contribution is 7.92. The monoisotopic (exact) mass is 562 g/mol. The van der Waals surface area contributed by atoms with Crippen LogP contribution in [0.1, 0.15) is 48.5 Å². The first kappa shape index (κ1) is 31.3. The zero-order valence-electron chi connectivity index (χ0n) is 23.9. The zero-order chi connectivity index (χ0) is 28.9. The third kappa shape index (κ3) is 8.85. The molecular formula is C27H42N4O5SSi. The summed E-state index contributed by atoms with van der Waals surface area (Å²) in [6, 6.07) is 10.8. The van der Waals surface area contributed by atoms with Gasteiger partial charge in [0.05, 0.1) is 28.6 Å². The normalized spacial score (nSPS) is 12.6. The first-order valence-electron chi connectivity index (χ1n) is 12.6. The van der Waals surface area contributed by atoms with Crippen LogP contribution in [-0.4, -0.2) is 41.7 Å². The standard InChI is InChI=1S/C27H42N4O5SSi/c1-19(32)29-20-10-13-22(14-11-20)37(34,35)31-21-12-15-23(24(18-21)30-25(33)26(2,3)4)28-16-17-36-38(8,9)27(5,6)7/h10-15,18,28,31H,16-17H2,1-9H3,(H,29,32)(H,30,33). The summed E-state index contributed by atoms with van der Waals surface area (Å²) in [6.07, 6.45) is 0. The van der Waals surface area contributed by atoms with Crippen molar-refractivity contribution >= 4 is 52.9 Å². The number of benzene rings is 2. The van der Waals surface area contributed by atoms with Gasteiger partial charge in [-0.3, -0.25) is 14.3 Å². The maximum absolute atomic E-state index is 13.0. The quantitative estimate of drug-likeness (QED) is 0.212. The maximum atomic E-state index is 13.0. The number of carbonyl (C=O) groups excluding carboxylic acids is 2. The second kappa shape index (κ2) is 11.9. The molecule has 0 aliphatic rings. The average Bonchev–Trinajstić information content (AvgIpc) is 2.76. The van der Waals surface area contributed by atoms with Crippen molar-refractivity contribution in [3.05, 3.63) is 42.5 Å². The number of sulfonamides is 1. The molecule has 0 bridgehead atoms. The number of hydrogen-bond donors (Lipinski definition) is 4. The highest BCUT2D eigenvalue weighted by atomic mass is 32.2. The van der Waals surface area contributed by atoms with Crippen molar-refractivity contribution in [2.75, 3.05) is 33.8 Å². The largest absolute Gasteiger partial charge is 0.415 e. The second-order valence-electron chi connectivity index (χ2n) is 11.8. The van der Waals surface area contributed by atoms with Crippen molar-refractivity contribution < 1.29 is 22.4 Å². The van der Waals surface area contributed by atoms with Gasteiger partial charge in [0.2, 0.25) is 11.8 Å². The van der Waals surface area contributed by atoms with E-state index >= 15 is 0 Å². The van der Waals surface area contributed by atoms with Gasteiger partial charge in [-0.2, -0.15) is 0 Å². The van der Waals surface area contributed by atoms with Gasteiger partial charge in [-0.1, -0.05) is 41.5 Å². The van der Waals surface area contributed by atoms with E-state index < -0.39 is 23.8 Å². The van der Waals surface area contributed by atoms with E-state index in [0.29, 0.717) is 35.9 Å². The van der Waals surface area contributed by atoms with Crippen LogP contribution in [0.5, 0.6) is 0 Å². The lowest BCUT2D eigenvalue weighted by Crippen LogP contribution is -2.41. The molecule has 2 rings (SSSR count). The molecule has 0 unspecified atom stereocenters. The fourth-order valence-electron chi connectivity index (χ4n) is 3.02. The second-order valence-corrected chi connectivity index (χ2v) is 18.3. The van der Waals surface area contributed by atoms with Crippen LogP contribution in [-0.2, 0) is 24.0 Å². The van der Waals surface area contributed by atoms with Crippen molar-refractivity contribution in [1.82, 2.24) is 0 Å². The summed E-state index contributed by atoms with van der Waals surface area (Å²) in [5, 5.41) is 8.93. The van der Waals surface area contributed by atoms with Crippen LogP contribution < -0.4 is 20.7 Å². The predicted octanol–water partition coefficient (Wildman–Crippen LogP) is 5.86. The number of anilines is 4. The molecule has 0 heterocycles. The molecule has 0 radical (unpaired) electrons. The van der Waals surface area contributed by atoms with E-state index in [4.69, 9.17) is 4.43 Å². The SMILES string of the molecule is CC(=O)Nc1ccc(S(=O)(=O)Nc2ccc(NCCO[Si](C)(C)C(C)(C)C)c(NC(=O)C(C)(C)C)c2)cc1. The van der Waals surface area contributed by atoms with Crippen molar-refractivity contribution in [3.8, 4) is 0 Å². The molecule has 9 nitrogen and oxygen atoms in total. The minimum atomic E-state index is -3.91. The molecule has 4 N–H and O–H groups in total. The molecule has 2 aromatic carbocycles. The van der Waals surface area contributed by atoms with E-state index in [0.717, 1.165) is 0 Å². The molecule has 2 amide bonds. The molecule has 0 aliphatic heterocycles. The van der Waals surface area contributed by atoms with Gasteiger partial charge in [0.25, 0.3) is 10.0 Å². The van der Waals surface area contributed by atoms with Gasteiger partial charge in [-0.05, 0) is 60.6 Å². The van der Waals surface area contributed by atoms with Crippen LogP contribution in [0.3, 0.4) is 0 Å². The Bertz CT molecular complexity index is 1250. The molecule has 11 heteroatoms. The van der Waals surface area contributed by atoms with E-state index in [2.05, 4.69) is 54.5 Å². The van der Waals surface area contributed by atoms with E-state index in [9.17, 15) is 18.0 Å². The Morgan fingerprint density at radius 3 is 1.97 bits per heavy atom. The number of carbonyl (C=O) groups is 2. The number of rotatable bonds is 10. The van der Waals surface area contributed by atoms with Crippen molar-refractivity contribution in [3.63, 3.8) is 0 Å². The smallest absolute Gasteiger partial charge is 0.261 e. The predicted molar refractivity (Wildman–Crippen MR) is 158 cm³/mol. The highest BCUT2D eigenvalue weighted by Gasteiger charge is 2.36. The van der Waals surface area contributed by atoms with Gasteiger partial charge >= 0.3 is 0 Å². The molecule has 2 aromatic rings. The van der Waals surface area contributed by atoms with Crippen LogP contribution >= 0.6 is 0 Å². The summed E-state index contributed by atoms with van der Waals surface area (Å²) >= 11 is 0.